The van der Waals surface area contributed by atoms with Crippen LogP contribution in [0.25, 0.3) is 11.3 Å². The van der Waals surface area contributed by atoms with Crippen LogP contribution in [0.15, 0.2) is 29.3 Å². The Morgan fingerprint density at radius 2 is 2.00 bits per heavy atom. The highest BCUT2D eigenvalue weighted by Crippen LogP contribution is 2.21. The Morgan fingerprint density at radius 1 is 1.33 bits per heavy atom. The van der Waals surface area contributed by atoms with E-state index in [9.17, 15) is 4.79 Å². The molecule has 2 aromatic rings. The van der Waals surface area contributed by atoms with E-state index in [1.54, 1.807) is 24.5 Å². The van der Waals surface area contributed by atoms with E-state index < -0.39 is 5.56 Å². The summed E-state index contributed by atoms with van der Waals surface area (Å²) in [6.07, 6.45) is 3.18. The molecule has 3 N–H and O–H groups in total. The summed E-state index contributed by atoms with van der Waals surface area (Å²) in [5, 5.41) is 0.0235. The van der Waals surface area contributed by atoms with Gasteiger partial charge in [0, 0.05) is 18.0 Å². The van der Waals surface area contributed by atoms with Crippen LogP contribution in [-0.4, -0.2) is 15.0 Å². The standard InChI is InChI=1S/C9H7ClN4O/c10-6-7(5-1-3-12-4-2-5)13-9(11)14-8(6)15/h1-4H,(H3,11,13,14,15). The molecular formula is C9H7ClN4O. The van der Waals surface area contributed by atoms with Crippen LogP contribution in [0.5, 0.6) is 0 Å². The Labute approximate surface area is 90.0 Å². The van der Waals surface area contributed by atoms with Crippen LogP contribution >= 0.6 is 11.6 Å². The van der Waals surface area contributed by atoms with Gasteiger partial charge in [0.15, 0.2) is 0 Å². The lowest BCUT2D eigenvalue weighted by Gasteiger charge is -2.02. The Hall–Kier alpha value is -1.88. The first-order chi connectivity index (χ1) is 7.18. The van der Waals surface area contributed by atoms with Crippen molar-refractivity contribution in [2.75, 3.05) is 5.73 Å². The number of nitrogens with one attached hydrogen (secondary N) is 1. The second-order valence-electron chi connectivity index (χ2n) is 2.85. The molecule has 0 bridgehead atoms. The highest BCUT2D eigenvalue weighted by atomic mass is 35.5. The molecule has 6 heteroatoms. The van der Waals surface area contributed by atoms with Crippen LogP contribution in [0, 0.1) is 0 Å². The molecule has 2 heterocycles. The maximum atomic E-state index is 11.3. The van der Waals surface area contributed by atoms with Crippen molar-refractivity contribution in [3.63, 3.8) is 0 Å². The lowest BCUT2D eigenvalue weighted by atomic mass is 10.2. The zero-order valence-corrected chi connectivity index (χ0v) is 8.32. The number of rotatable bonds is 1. The van der Waals surface area contributed by atoms with E-state index in [-0.39, 0.29) is 11.0 Å². The average molecular weight is 223 g/mol. The first-order valence-electron chi connectivity index (χ1n) is 4.14. The number of nitrogens with zero attached hydrogens (tertiary/aromatic N) is 2. The van der Waals surface area contributed by atoms with Gasteiger partial charge < -0.3 is 5.73 Å². The summed E-state index contributed by atoms with van der Waals surface area (Å²) in [5.41, 5.74) is 6.04. The van der Waals surface area contributed by atoms with Gasteiger partial charge in [-0.05, 0) is 12.1 Å². The molecule has 0 aromatic carbocycles. The smallest absolute Gasteiger partial charge is 0.271 e. The second-order valence-corrected chi connectivity index (χ2v) is 3.23. The molecule has 0 spiro atoms. The molecule has 0 saturated heterocycles. The zero-order chi connectivity index (χ0) is 10.8. The molecule has 5 nitrogen and oxygen atoms in total. The number of aromatic nitrogens is 3. The summed E-state index contributed by atoms with van der Waals surface area (Å²) in [6, 6.07) is 3.40. The predicted molar refractivity (Wildman–Crippen MR) is 57.5 cm³/mol. The topological polar surface area (TPSA) is 84.7 Å². The van der Waals surface area contributed by atoms with Crippen LogP contribution in [-0.2, 0) is 0 Å². The third-order valence-corrected chi connectivity index (χ3v) is 2.19. The van der Waals surface area contributed by atoms with Crippen LogP contribution in [0.3, 0.4) is 0 Å². The van der Waals surface area contributed by atoms with Crippen molar-refractivity contribution < 1.29 is 0 Å². The van der Waals surface area contributed by atoms with Crippen molar-refractivity contribution in [3.8, 4) is 11.3 Å². The molecule has 0 aliphatic rings. The molecule has 0 aliphatic carbocycles. The highest BCUT2D eigenvalue weighted by molar-refractivity contribution is 6.32. The molecule has 0 unspecified atom stereocenters. The fourth-order valence-corrected chi connectivity index (χ4v) is 1.38. The molecular weight excluding hydrogens is 216 g/mol. The van der Waals surface area contributed by atoms with E-state index in [1.165, 1.54) is 0 Å². The van der Waals surface area contributed by atoms with Gasteiger partial charge in [-0.25, -0.2) is 4.98 Å². The largest absolute Gasteiger partial charge is 0.369 e. The molecule has 0 atom stereocenters. The third-order valence-electron chi connectivity index (χ3n) is 1.83. The summed E-state index contributed by atoms with van der Waals surface area (Å²) in [6.45, 7) is 0. The van der Waals surface area contributed by atoms with Crippen molar-refractivity contribution in [3.05, 3.63) is 39.9 Å². The van der Waals surface area contributed by atoms with E-state index in [0.717, 1.165) is 0 Å². The lowest BCUT2D eigenvalue weighted by Crippen LogP contribution is -2.12. The van der Waals surface area contributed by atoms with Crippen LogP contribution < -0.4 is 11.3 Å². The molecule has 15 heavy (non-hydrogen) atoms. The van der Waals surface area contributed by atoms with E-state index >= 15 is 0 Å². The number of nitrogens with two attached hydrogens (primary N) is 1. The van der Waals surface area contributed by atoms with Gasteiger partial charge >= 0.3 is 0 Å². The molecule has 2 rings (SSSR count). The van der Waals surface area contributed by atoms with Crippen molar-refractivity contribution in [1.82, 2.24) is 15.0 Å². The number of pyridine rings is 1. The molecule has 0 amide bonds. The number of nitrogen functional groups attached to an aromatic ring is 1. The van der Waals surface area contributed by atoms with E-state index in [0.29, 0.717) is 11.3 Å². The minimum absolute atomic E-state index is 0.0235. The lowest BCUT2D eigenvalue weighted by molar-refractivity contribution is 1.14. The van der Waals surface area contributed by atoms with Gasteiger partial charge in [-0.3, -0.25) is 14.8 Å². The molecule has 0 aliphatic heterocycles. The minimum Gasteiger partial charge on any atom is -0.369 e. The van der Waals surface area contributed by atoms with Gasteiger partial charge in [0.2, 0.25) is 5.95 Å². The zero-order valence-electron chi connectivity index (χ0n) is 7.57. The van der Waals surface area contributed by atoms with Crippen molar-refractivity contribution >= 4 is 17.5 Å². The Morgan fingerprint density at radius 3 is 2.67 bits per heavy atom. The quantitative estimate of drug-likeness (QED) is 0.756. The number of anilines is 1. The Bertz CT molecular complexity index is 538. The SMILES string of the molecule is Nc1nc(-c2ccncc2)c(Cl)c(=O)[nH]1. The maximum Gasteiger partial charge on any atom is 0.271 e. The van der Waals surface area contributed by atoms with E-state index in [4.69, 9.17) is 17.3 Å². The number of H-pyrrole nitrogens is 1. The number of aromatic amines is 1. The number of hydrogen-bond acceptors (Lipinski definition) is 4. The maximum absolute atomic E-state index is 11.3. The first-order valence-corrected chi connectivity index (χ1v) is 4.52. The van der Waals surface area contributed by atoms with Crippen LogP contribution in [0.1, 0.15) is 0 Å². The third kappa shape index (κ3) is 1.82. The molecule has 76 valence electrons. The summed E-state index contributed by atoms with van der Waals surface area (Å²) in [5.74, 6) is 0.0382. The summed E-state index contributed by atoms with van der Waals surface area (Å²) >= 11 is 5.82. The number of halogens is 1. The minimum atomic E-state index is -0.448. The first kappa shape index (κ1) is 9.67. The van der Waals surface area contributed by atoms with Crippen LogP contribution in [0.4, 0.5) is 5.95 Å². The van der Waals surface area contributed by atoms with Crippen molar-refractivity contribution in [2.45, 2.75) is 0 Å². The van der Waals surface area contributed by atoms with Gasteiger partial charge in [-0.15, -0.1) is 0 Å². The average Bonchev–Trinajstić information content (AvgIpc) is 2.24. The molecule has 2 aromatic heterocycles. The Balaban J connectivity index is 2.68. The van der Waals surface area contributed by atoms with Crippen molar-refractivity contribution in [1.29, 1.82) is 0 Å². The second kappa shape index (κ2) is 3.70. The fourth-order valence-electron chi connectivity index (χ4n) is 1.18. The molecule has 0 saturated carbocycles. The van der Waals surface area contributed by atoms with Gasteiger partial charge in [-0.1, -0.05) is 11.6 Å². The normalized spacial score (nSPS) is 10.2. The van der Waals surface area contributed by atoms with Gasteiger partial charge in [-0.2, -0.15) is 0 Å². The fraction of sp³-hybridized carbons (Fsp3) is 0. The molecule has 0 fully saturated rings. The number of hydrogen-bond donors (Lipinski definition) is 2. The van der Waals surface area contributed by atoms with Gasteiger partial charge in [0.1, 0.15) is 5.02 Å². The Kier molecular flexibility index (Phi) is 2.39. The van der Waals surface area contributed by atoms with Gasteiger partial charge in [0.25, 0.3) is 5.56 Å². The van der Waals surface area contributed by atoms with Crippen molar-refractivity contribution in [2.24, 2.45) is 0 Å². The van der Waals surface area contributed by atoms with Crippen LogP contribution in [0.2, 0.25) is 5.02 Å². The summed E-state index contributed by atoms with van der Waals surface area (Å²) < 4.78 is 0. The summed E-state index contributed by atoms with van der Waals surface area (Å²) in [7, 11) is 0. The molecule has 0 radical (unpaired) electrons. The predicted octanol–water partition coefficient (Wildman–Crippen LogP) is 1.07. The monoisotopic (exact) mass is 222 g/mol. The van der Waals surface area contributed by atoms with Gasteiger partial charge in [0.05, 0.1) is 5.69 Å². The summed E-state index contributed by atoms with van der Waals surface area (Å²) in [4.78, 5) is 21.4. The highest BCUT2D eigenvalue weighted by Gasteiger charge is 2.09. The van der Waals surface area contributed by atoms with E-state index in [2.05, 4.69) is 15.0 Å². The van der Waals surface area contributed by atoms with E-state index in [1.807, 2.05) is 0 Å².